The fourth-order valence-electron chi connectivity index (χ4n) is 1.76. The zero-order valence-electron chi connectivity index (χ0n) is 10.3. The van der Waals surface area contributed by atoms with Crippen molar-refractivity contribution in [2.45, 2.75) is 6.92 Å². The van der Waals surface area contributed by atoms with Gasteiger partial charge in [-0.2, -0.15) is 0 Å². The SMILES string of the molecule is CCOc1cc(=O)n(-c2ccccc2)n(C)c1=O. The Morgan fingerprint density at radius 1 is 1.17 bits per heavy atom. The van der Waals surface area contributed by atoms with E-state index >= 15 is 0 Å². The first-order valence-corrected chi connectivity index (χ1v) is 5.66. The van der Waals surface area contributed by atoms with E-state index in [0.29, 0.717) is 12.3 Å². The molecular formula is C13H14N2O3. The van der Waals surface area contributed by atoms with Crippen LogP contribution in [0.15, 0.2) is 46.0 Å². The average Bonchev–Trinajstić information content (AvgIpc) is 2.37. The van der Waals surface area contributed by atoms with Crippen molar-refractivity contribution in [3.05, 3.63) is 57.1 Å². The molecule has 0 saturated heterocycles. The fourth-order valence-corrected chi connectivity index (χ4v) is 1.76. The zero-order chi connectivity index (χ0) is 13.1. The molecule has 94 valence electrons. The predicted molar refractivity (Wildman–Crippen MR) is 68.4 cm³/mol. The average molecular weight is 246 g/mol. The van der Waals surface area contributed by atoms with Gasteiger partial charge >= 0.3 is 5.56 Å². The lowest BCUT2D eigenvalue weighted by molar-refractivity contribution is 0.327. The lowest BCUT2D eigenvalue weighted by Gasteiger charge is -2.12. The second-order valence-corrected chi connectivity index (χ2v) is 3.76. The summed E-state index contributed by atoms with van der Waals surface area (Å²) in [6, 6.07) is 10.2. The van der Waals surface area contributed by atoms with E-state index in [4.69, 9.17) is 4.74 Å². The van der Waals surface area contributed by atoms with Crippen LogP contribution in [0.4, 0.5) is 0 Å². The van der Waals surface area contributed by atoms with E-state index in [1.54, 1.807) is 26.1 Å². The minimum Gasteiger partial charge on any atom is -0.488 e. The molecule has 1 aromatic carbocycles. The van der Waals surface area contributed by atoms with Crippen LogP contribution >= 0.6 is 0 Å². The molecule has 0 amide bonds. The van der Waals surface area contributed by atoms with Gasteiger partial charge in [-0.25, -0.2) is 9.36 Å². The van der Waals surface area contributed by atoms with Crippen LogP contribution in [-0.4, -0.2) is 16.0 Å². The molecule has 5 heteroatoms. The first-order valence-electron chi connectivity index (χ1n) is 5.66. The van der Waals surface area contributed by atoms with Gasteiger partial charge in [0.15, 0.2) is 5.75 Å². The number of para-hydroxylation sites is 1. The van der Waals surface area contributed by atoms with Gasteiger partial charge < -0.3 is 4.74 Å². The summed E-state index contributed by atoms with van der Waals surface area (Å²) in [7, 11) is 1.54. The quantitative estimate of drug-likeness (QED) is 0.809. The Hall–Kier alpha value is -2.30. The lowest BCUT2D eigenvalue weighted by Crippen LogP contribution is -2.35. The minimum atomic E-state index is -0.333. The minimum absolute atomic E-state index is 0.0807. The predicted octanol–water partition coefficient (Wildman–Crippen LogP) is 0.935. The van der Waals surface area contributed by atoms with Gasteiger partial charge in [0.25, 0.3) is 5.56 Å². The van der Waals surface area contributed by atoms with Crippen molar-refractivity contribution in [2.75, 3.05) is 6.61 Å². The van der Waals surface area contributed by atoms with Crippen molar-refractivity contribution in [1.29, 1.82) is 0 Å². The van der Waals surface area contributed by atoms with Crippen molar-refractivity contribution in [3.8, 4) is 11.4 Å². The molecular weight excluding hydrogens is 232 g/mol. The smallest absolute Gasteiger partial charge is 0.307 e. The van der Waals surface area contributed by atoms with Crippen LogP contribution in [-0.2, 0) is 7.05 Å². The first-order chi connectivity index (χ1) is 8.65. The molecule has 1 heterocycles. The van der Waals surface area contributed by atoms with Crippen molar-refractivity contribution in [1.82, 2.24) is 9.36 Å². The summed E-state index contributed by atoms with van der Waals surface area (Å²) < 4.78 is 7.71. The van der Waals surface area contributed by atoms with Crippen molar-refractivity contribution in [2.24, 2.45) is 7.05 Å². The van der Waals surface area contributed by atoms with Crippen LogP contribution in [0.25, 0.3) is 5.69 Å². The fraction of sp³-hybridized carbons (Fsp3) is 0.231. The Morgan fingerprint density at radius 2 is 1.83 bits per heavy atom. The number of nitrogens with zero attached hydrogens (tertiary/aromatic N) is 2. The molecule has 0 atom stereocenters. The van der Waals surface area contributed by atoms with Crippen LogP contribution in [0.5, 0.6) is 5.75 Å². The molecule has 0 spiro atoms. The molecule has 0 unspecified atom stereocenters. The highest BCUT2D eigenvalue weighted by Gasteiger charge is 2.10. The van der Waals surface area contributed by atoms with Crippen LogP contribution in [0.1, 0.15) is 6.92 Å². The van der Waals surface area contributed by atoms with Gasteiger partial charge in [-0.05, 0) is 19.1 Å². The van der Waals surface area contributed by atoms with E-state index in [0.717, 1.165) is 0 Å². The van der Waals surface area contributed by atoms with Crippen LogP contribution in [0.2, 0.25) is 0 Å². The molecule has 2 aromatic rings. The van der Waals surface area contributed by atoms with Gasteiger partial charge in [-0.3, -0.25) is 9.59 Å². The molecule has 0 saturated carbocycles. The zero-order valence-corrected chi connectivity index (χ0v) is 10.3. The van der Waals surface area contributed by atoms with E-state index in [1.807, 2.05) is 18.2 Å². The number of aromatic nitrogens is 2. The maximum atomic E-state index is 12.0. The molecule has 18 heavy (non-hydrogen) atoms. The topological polar surface area (TPSA) is 53.2 Å². The molecule has 0 fully saturated rings. The molecule has 5 nitrogen and oxygen atoms in total. The van der Waals surface area contributed by atoms with Gasteiger partial charge in [0.2, 0.25) is 0 Å². The van der Waals surface area contributed by atoms with Crippen molar-refractivity contribution < 1.29 is 4.74 Å². The summed E-state index contributed by atoms with van der Waals surface area (Å²) in [6.07, 6.45) is 0. The summed E-state index contributed by atoms with van der Waals surface area (Å²) in [6.45, 7) is 2.12. The van der Waals surface area contributed by atoms with Crippen LogP contribution < -0.4 is 15.9 Å². The molecule has 0 aliphatic heterocycles. The van der Waals surface area contributed by atoms with Crippen LogP contribution in [0, 0.1) is 0 Å². The lowest BCUT2D eigenvalue weighted by atomic mass is 10.3. The number of benzene rings is 1. The standard InChI is InChI=1S/C13H14N2O3/c1-3-18-11-9-12(16)15(14(2)13(11)17)10-7-5-4-6-8-10/h4-9H,3H2,1-2H3. The molecule has 0 aliphatic rings. The Kier molecular flexibility index (Phi) is 3.32. The second-order valence-electron chi connectivity index (χ2n) is 3.76. The number of hydrogen-bond acceptors (Lipinski definition) is 3. The Balaban J connectivity index is 2.68. The van der Waals surface area contributed by atoms with Crippen LogP contribution in [0.3, 0.4) is 0 Å². The van der Waals surface area contributed by atoms with E-state index in [1.165, 1.54) is 15.4 Å². The molecule has 0 bridgehead atoms. The Labute approximate surface area is 104 Å². The van der Waals surface area contributed by atoms with Gasteiger partial charge in [-0.1, -0.05) is 18.2 Å². The van der Waals surface area contributed by atoms with E-state index in [-0.39, 0.29) is 16.9 Å². The summed E-state index contributed by atoms with van der Waals surface area (Å²) in [4.78, 5) is 24.0. The highest BCUT2D eigenvalue weighted by Crippen LogP contribution is 2.04. The Morgan fingerprint density at radius 3 is 2.44 bits per heavy atom. The molecule has 1 aromatic heterocycles. The van der Waals surface area contributed by atoms with Gasteiger partial charge in [0.1, 0.15) is 0 Å². The van der Waals surface area contributed by atoms with E-state index < -0.39 is 0 Å². The third kappa shape index (κ3) is 2.07. The number of ether oxygens (including phenoxy) is 1. The number of rotatable bonds is 3. The number of hydrogen-bond donors (Lipinski definition) is 0. The first kappa shape index (κ1) is 12.2. The van der Waals surface area contributed by atoms with Gasteiger partial charge in [-0.15, -0.1) is 0 Å². The third-order valence-electron chi connectivity index (χ3n) is 2.57. The normalized spacial score (nSPS) is 10.3. The Bertz CT molecular complexity index is 656. The highest BCUT2D eigenvalue weighted by atomic mass is 16.5. The molecule has 0 aliphatic carbocycles. The highest BCUT2D eigenvalue weighted by molar-refractivity contribution is 5.31. The maximum absolute atomic E-state index is 12.0. The van der Waals surface area contributed by atoms with E-state index in [2.05, 4.69) is 0 Å². The van der Waals surface area contributed by atoms with Crippen molar-refractivity contribution in [3.63, 3.8) is 0 Å². The molecule has 0 radical (unpaired) electrons. The molecule has 0 N–H and O–H groups in total. The van der Waals surface area contributed by atoms with Gasteiger partial charge in [0.05, 0.1) is 18.4 Å². The summed E-state index contributed by atoms with van der Waals surface area (Å²) in [5.41, 5.74) is 0.0113. The van der Waals surface area contributed by atoms with Gasteiger partial charge in [0, 0.05) is 7.05 Å². The third-order valence-corrected chi connectivity index (χ3v) is 2.57. The summed E-state index contributed by atoms with van der Waals surface area (Å²) >= 11 is 0. The largest absolute Gasteiger partial charge is 0.488 e. The van der Waals surface area contributed by atoms with E-state index in [9.17, 15) is 9.59 Å². The molecule has 2 rings (SSSR count). The monoisotopic (exact) mass is 246 g/mol. The maximum Gasteiger partial charge on any atom is 0.307 e. The van der Waals surface area contributed by atoms with Crippen molar-refractivity contribution >= 4 is 0 Å². The summed E-state index contributed by atoms with van der Waals surface area (Å²) in [5.74, 6) is 0.0807. The summed E-state index contributed by atoms with van der Waals surface area (Å²) in [5, 5.41) is 0. The second kappa shape index (κ2) is 4.91.